The van der Waals surface area contributed by atoms with Crippen molar-refractivity contribution in [3.63, 3.8) is 0 Å². The summed E-state index contributed by atoms with van der Waals surface area (Å²) >= 11 is 0. The summed E-state index contributed by atoms with van der Waals surface area (Å²) in [5.41, 5.74) is 1.76. The van der Waals surface area contributed by atoms with Gasteiger partial charge in [-0.3, -0.25) is 20.0 Å². The van der Waals surface area contributed by atoms with Crippen LogP contribution in [-0.2, 0) is 9.57 Å². The third-order valence-electron chi connectivity index (χ3n) is 3.19. The first kappa shape index (κ1) is 18.5. The minimum Gasteiger partial charge on any atom is -0.444 e. The van der Waals surface area contributed by atoms with Gasteiger partial charge in [0.05, 0.1) is 12.8 Å². The van der Waals surface area contributed by atoms with Crippen molar-refractivity contribution in [1.82, 2.24) is 15.3 Å². The maximum absolute atomic E-state index is 12.0. The number of aromatic nitrogens is 2. The van der Waals surface area contributed by atoms with E-state index in [9.17, 15) is 9.59 Å². The first-order valence-corrected chi connectivity index (χ1v) is 7.67. The van der Waals surface area contributed by atoms with Crippen LogP contribution < -0.4 is 5.32 Å². The van der Waals surface area contributed by atoms with E-state index in [-0.39, 0.29) is 5.91 Å². The molecular weight excluding hydrogens is 324 g/mol. The lowest BCUT2D eigenvalue weighted by Crippen LogP contribution is -2.27. The van der Waals surface area contributed by atoms with Crippen LogP contribution in [0.3, 0.4) is 0 Å². The molecule has 1 aromatic carbocycles. The molecule has 134 valence electrons. The number of benzene rings is 1. The van der Waals surface area contributed by atoms with Crippen molar-refractivity contribution in [3.05, 3.63) is 36.0 Å². The molecule has 8 heteroatoms. The molecule has 8 nitrogen and oxygen atoms in total. The Hall–Kier alpha value is -2.87. The number of hydrogen-bond acceptors (Lipinski definition) is 5. The predicted molar refractivity (Wildman–Crippen MR) is 93.0 cm³/mol. The number of nitrogens with one attached hydrogen (secondary N) is 2. The number of rotatable bonds is 4. The maximum atomic E-state index is 12.0. The normalized spacial score (nSPS) is 11.1. The highest BCUT2D eigenvalue weighted by atomic mass is 16.7. The number of hydrogen-bond donors (Lipinski definition) is 2. The zero-order valence-electron chi connectivity index (χ0n) is 14.9. The van der Waals surface area contributed by atoms with E-state index >= 15 is 0 Å². The van der Waals surface area contributed by atoms with Gasteiger partial charge in [-0.1, -0.05) is 12.1 Å². The molecule has 0 spiro atoms. The lowest BCUT2D eigenvalue weighted by molar-refractivity contribution is -0.0760. The number of anilines is 1. The molecule has 0 atom stereocenters. The summed E-state index contributed by atoms with van der Waals surface area (Å²) in [5.74, 6) is -0.329. The van der Waals surface area contributed by atoms with E-state index in [1.54, 1.807) is 51.1 Å². The summed E-state index contributed by atoms with van der Waals surface area (Å²) in [7, 11) is 2.92. The lowest BCUT2D eigenvalue weighted by atomic mass is 10.1. The van der Waals surface area contributed by atoms with Crippen molar-refractivity contribution in [2.24, 2.45) is 0 Å². The first-order valence-electron chi connectivity index (χ1n) is 7.67. The van der Waals surface area contributed by atoms with E-state index in [1.165, 1.54) is 14.2 Å². The standard InChI is InChI=1S/C17H22N4O4/c1-17(2,3)25-16(23)18-12-8-6-11(7-9-12)13-10-14(20-19-13)15(22)21(4)24-5/h6-10H,1-5H3,(H,18,23)(H,19,20). The van der Waals surface area contributed by atoms with Gasteiger partial charge in [0.25, 0.3) is 5.91 Å². The first-order chi connectivity index (χ1) is 11.7. The second-order valence-corrected chi connectivity index (χ2v) is 6.36. The second kappa shape index (κ2) is 7.35. The van der Waals surface area contributed by atoms with Crippen LogP contribution in [0.25, 0.3) is 11.3 Å². The molecule has 1 heterocycles. The van der Waals surface area contributed by atoms with Crippen LogP contribution in [-0.4, -0.2) is 47.0 Å². The molecule has 0 fully saturated rings. The van der Waals surface area contributed by atoms with Crippen molar-refractivity contribution < 1.29 is 19.2 Å². The average molecular weight is 346 g/mol. The molecule has 0 unspecified atom stereocenters. The maximum Gasteiger partial charge on any atom is 0.412 e. The number of carbonyl (C=O) groups is 2. The van der Waals surface area contributed by atoms with Gasteiger partial charge in [-0.25, -0.2) is 9.86 Å². The quantitative estimate of drug-likeness (QED) is 0.830. The van der Waals surface area contributed by atoms with E-state index in [0.717, 1.165) is 10.6 Å². The fraction of sp³-hybridized carbons (Fsp3) is 0.353. The molecule has 0 aliphatic rings. The highest BCUT2D eigenvalue weighted by molar-refractivity contribution is 5.92. The zero-order valence-corrected chi connectivity index (χ0v) is 14.9. The molecule has 2 aromatic rings. The van der Waals surface area contributed by atoms with E-state index in [1.807, 2.05) is 0 Å². The van der Waals surface area contributed by atoms with Gasteiger partial charge in [-0.15, -0.1) is 0 Å². The molecule has 0 aliphatic heterocycles. The van der Waals surface area contributed by atoms with Crippen molar-refractivity contribution in [2.45, 2.75) is 26.4 Å². The highest BCUT2D eigenvalue weighted by Gasteiger charge is 2.17. The number of aromatic amines is 1. The van der Waals surface area contributed by atoms with Crippen LogP contribution >= 0.6 is 0 Å². The lowest BCUT2D eigenvalue weighted by Gasteiger charge is -2.19. The Bertz CT molecular complexity index is 747. The van der Waals surface area contributed by atoms with Gasteiger partial charge in [0, 0.05) is 18.3 Å². The van der Waals surface area contributed by atoms with E-state index < -0.39 is 11.7 Å². The van der Waals surface area contributed by atoms with Gasteiger partial charge in [-0.2, -0.15) is 5.10 Å². The number of carbonyl (C=O) groups excluding carboxylic acids is 2. The van der Waals surface area contributed by atoms with Gasteiger partial charge in [0.15, 0.2) is 0 Å². The smallest absolute Gasteiger partial charge is 0.412 e. The van der Waals surface area contributed by atoms with Crippen LogP contribution in [0, 0.1) is 0 Å². The summed E-state index contributed by atoms with van der Waals surface area (Å²) in [6.07, 6.45) is -0.518. The molecule has 2 amide bonds. The third-order valence-corrected chi connectivity index (χ3v) is 3.19. The molecule has 0 saturated heterocycles. The molecular formula is C17H22N4O4. The molecule has 0 saturated carbocycles. The summed E-state index contributed by atoms with van der Waals surface area (Å²) in [6.45, 7) is 5.40. The van der Waals surface area contributed by atoms with Gasteiger partial charge in [-0.05, 0) is 39.0 Å². The summed E-state index contributed by atoms with van der Waals surface area (Å²) in [4.78, 5) is 28.6. The van der Waals surface area contributed by atoms with Crippen LogP contribution in [0.4, 0.5) is 10.5 Å². The molecule has 1 aromatic heterocycles. The summed E-state index contributed by atoms with van der Waals surface area (Å²) in [5, 5.41) is 10.6. The van der Waals surface area contributed by atoms with Crippen molar-refractivity contribution in [1.29, 1.82) is 0 Å². The van der Waals surface area contributed by atoms with E-state index in [2.05, 4.69) is 15.5 Å². The van der Waals surface area contributed by atoms with Gasteiger partial charge in [0.1, 0.15) is 11.3 Å². The number of nitrogens with zero attached hydrogens (tertiary/aromatic N) is 2. The fourth-order valence-electron chi connectivity index (χ4n) is 1.98. The number of amides is 2. The molecule has 2 rings (SSSR count). The minimum atomic E-state index is -0.558. The second-order valence-electron chi connectivity index (χ2n) is 6.36. The minimum absolute atomic E-state index is 0.315. The van der Waals surface area contributed by atoms with Crippen LogP contribution in [0.2, 0.25) is 0 Å². The SMILES string of the molecule is CON(C)C(=O)c1cc(-c2ccc(NC(=O)OC(C)(C)C)cc2)n[nH]1. The Balaban J connectivity index is 2.06. The fourth-order valence-corrected chi connectivity index (χ4v) is 1.98. The number of hydroxylamine groups is 2. The molecule has 25 heavy (non-hydrogen) atoms. The van der Waals surface area contributed by atoms with Crippen LogP contribution in [0.5, 0.6) is 0 Å². The topological polar surface area (TPSA) is 96.6 Å². The highest BCUT2D eigenvalue weighted by Crippen LogP contribution is 2.21. The largest absolute Gasteiger partial charge is 0.444 e. The van der Waals surface area contributed by atoms with Crippen molar-refractivity contribution in [2.75, 3.05) is 19.5 Å². The van der Waals surface area contributed by atoms with Gasteiger partial charge >= 0.3 is 6.09 Å². The van der Waals surface area contributed by atoms with Crippen LogP contribution in [0.1, 0.15) is 31.3 Å². The Labute approximate surface area is 146 Å². The summed E-state index contributed by atoms with van der Waals surface area (Å²) < 4.78 is 5.20. The van der Waals surface area contributed by atoms with Crippen LogP contribution in [0.15, 0.2) is 30.3 Å². The molecule has 0 aliphatic carbocycles. The monoisotopic (exact) mass is 346 g/mol. The predicted octanol–water partition coefficient (Wildman–Crippen LogP) is 3.06. The Kier molecular flexibility index (Phi) is 5.43. The third kappa shape index (κ3) is 5.05. The molecule has 0 bridgehead atoms. The zero-order chi connectivity index (χ0) is 18.6. The average Bonchev–Trinajstić information content (AvgIpc) is 3.02. The Morgan fingerprint density at radius 1 is 1.20 bits per heavy atom. The Morgan fingerprint density at radius 2 is 1.84 bits per heavy atom. The van der Waals surface area contributed by atoms with Gasteiger partial charge < -0.3 is 4.74 Å². The molecule has 0 radical (unpaired) electrons. The Morgan fingerprint density at radius 3 is 2.40 bits per heavy atom. The number of ether oxygens (including phenoxy) is 1. The number of H-pyrrole nitrogens is 1. The summed E-state index contributed by atoms with van der Waals surface area (Å²) in [6, 6.07) is 8.68. The van der Waals surface area contributed by atoms with Gasteiger partial charge in [0.2, 0.25) is 0 Å². The van der Waals surface area contributed by atoms with Crippen molar-refractivity contribution >= 4 is 17.7 Å². The van der Waals surface area contributed by atoms with Crippen molar-refractivity contribution in [3.8, 4) is 11.3 Å². The van der Waals surface area contributed by atoms with E-state index in [4.69, 9.17) is 9.57 Å². The molecule has 2 N–H and O–H groups in total. The van der Waals surface area contributed by atoms with E-state index in [0.29, 0.717) is 17.1 Å².